The maximum absolute atomic E-state index is 12.2. The fourth-order valence-electron chi connectivity index (χ4n) is 2.33. The van der Waals surface area contributed by atoms with Gasteiger partial charge >= 0.3 is 0 Å². The van der Waals surface area contributed by atoms with Crippen LogP contribution in [0.5, 0.6) is 5.75 Å². The molecule has 0 saturated carbocycles. The average Bonchev–Trinajstić information content (AvgIpc) is 2.37. The molecule has 1 heterocycles. The number of carbonyl (C=O) groups is 1. The molecule has 0 unspecified atom stereocenters. The summed E-state index contributed by atoms with van der Waals surface area (Å²) >= 11 is 0. The number of ether oxygens (including phenoxy) is 1. The summed E-state index contributed by atoms with van der Waals surface area (Å²) in [7, 11) is 1.61. The van der Waals surface area contributed by atoms with E-state index in [1.807, 2.05) is 24.3 Å². The first-order chi connectivity index (χ1) is 9.74. The van der Waals surface area contributed by atoms with Crippen LogP contribution in [0.25, 0.3) is 0 Å². The van der Waals surface area contributed by atoms with Gasteiger partial charge in [0.2, 0.25) is 5.91 Å². The molecule has 0 radical (unpaired) electrons. The molecule has 2 N–H and O–H groups in total. The number of carbonyl (C=O) groups excluding carboxylic acids is 1. The predicted molar refractivity (Wildman–Crippen MR) is 80.1 cm³/mol. The minimum Gasteiger partial charge on any atom is -0.495 e. The third-order valence-corrected chi connectivity index (χ3v) is 3.51. The Labute approximate surface area is 120 Å². The number of rotatable bonds is 7. The molecule has 1 fully saturated rings. The van der Waals surface area contributed by atoms with Crippen LogP contribution in [0.15, 0.2) is 24.3 Å². The zero-order valence-corrected chi connectivity index (χ0v) is 12.2. The van der Waals surface area contributed by atoms with Gasteiger partial charge in [-0.3, -0.25) is 9.69 Å². The van der Waals surface area contributed by atoms with Gasteiger partial charge in [0.05, 0.1) is 19.3 Å². The molecule has 1 saturated heterocycles. The third kappa shape index (κ3) is 3.71. The van der Waals surface area contributed by atoms with Crippen molar-refractivity contribution in [1.82, 2.24) is 10.2 Å². The van der Waals surface area contributed by atoms with Crippen LogP contribution in [-0.4, -0.2) is 50.1 Å². The molecule has 0 spiro atoms. The van der Waals surface area contributed by atoms with Crippen molar-refractivity contribution in [1.29, 1.82) is 0 Å². The Hall–Kier alpha value is -1.59. The van der Waals surface area contributed by atoms with Crippen molar-refractivity contribution in [2.45, 2.75) is 19.4 Å². The Morgan fingerprint density at radius 1 is 1.45 bits per heavy atom. The molecule has 1 aromatic rings. The summed E-state index contributed by atoms with van der Waals surface area (Å²) in [5.41, 5.74) is 0.725. The van der Waals surface area contributed by atoms with Crippen LogP contribution in [0.1, 0.15) is 13.3 Å². The fraction of sp³-hybridized carbons (Fsp3) is 0.533. The number of methoxy groups -OCH3 is 1. The van der Waals surface area contributed by atoms with E-state index >= 15 is 0 Å². The molecule has 5 heteroatoms. The van der Waals surface area contributed by atoms with Crippen molar-refractivity contribution in [3.05, 3.63) is 24.3 Å². The first-order valence-electron chi connectivity index (χ1n) is 7.12. The smallest absolute Gasteiger partial charge is 0.238 e. The van der Waals surface area contributed by atoms with E-state index in [-0.39, 0.29) is 5.91 Å². The molecule has 5 nitrogen and oxygen atoms in total. The minimum atomic E-state index is 0.00912. The number of anilines is 1. The number of nitrogens with zero attached hydrogens (tertiary/aromatic N) is 1. The lowest BCUT2D eigenvalue weighted by Gasteiger charge is -2.37. The van der Waals surface area contributed by atoms with Gasteiger partial charge in [-0.25, -0.2) is 0 Å². The molecule has 20 heavy (non-hydrogen) atoms. The molecule has 0 aliphatic carbocycles. The van der Waals surface area contributed by atoms with Gasteiger partial charge in [-0.1, -0.05) is 19.1 Å². The van der Waals surface area contributed by atoms with Crippen molar-refractivity contribution in [2.24, 2.45) is 0 Å². The summed E-state index contributed by atoms with van der Waals surface area (Å²) in [6.45, 7) is 5.46. The maximum Gasteiger partial charge on any atom is 0.238 e. The topological polar surface area (TPSA) is 53.6 Å². The van der Waals surface area contributed by atoms with Crippen LogP contribution in [0, 0.1) is 0 Å². The lowest BCUT2D eigenvalue weighted by molar-refractivity contribution is -0.118. The maximum atomic E-state index is 12.2. The summed E-state index contributed by atoms with van der Waals surface area (Å²) in [6.07, 6.45) is 1.05. The second kappa shape index (κ2) is 7.26. The molecule has 1 aliphatic rings. The number of hydrogen-bond donors (Lipinski definition) is 2. The highest BCUT2D eigenvalue weighted by Gasteiger charge is 2.25. The van der Waals surface area contributed by atoms with Gasteiger partial charge in [0, 0.05) is 19.1 Å². The van der Waals surface area contributed by atoms with E-state index in [1.54, 1.807) is 7.11 Å². The Balaban J connectivity index is 1.93. The highest BCUT2D eigenvalue weighted by molar-refractivity contribution is 5.93. The lowest BCUT2D eigenvalue weighted by Crippen LogP contribution is -2.58. The normalized spacial score (nSPS) is 14.9. The number of amides is 1. The molecule has 0 aromatic heterocycles. The monoisotopic (exact) mass is 277 g/mol. The molecule has 1 amide bonds. The van der Waals surface area contributed by atoms with E-state index in [9.17, 15) is 4.79 Å². The van der Waals surface area contributed by atoms with Crippen molar-refractivity contribution in [3.63, 3.8) is 0 Å². The van der Waals surface area contributed by atoms with E-state index < -0.39 is 0 Å². The van der Waals surface area contributed by atoms with Crippen molar-refractivity contribution >= 4 is 11.6 Å². The molecular formula is C15H23N3O2. The Bertz CT molecular complexity index is 446. The quantitative estimate of drug-likeness (QED) is 0.789. The Morgan fingerprint density at radius 2 is 2.20 bits per heavy atom. The number of nitrogens with one attached hydrogen (secondary N) is 2. The summed E-state index contributed by atoms with van der Waals surface area (Å²) in [5, 5.41) is 6.18. The predicted octanol–water partition coefficient (Wildman–Crippen LogP) is 1.32. The van der Waals surface area contributed by atoms with Gasteiger partial charge in [-0.05, 0) is 25.1 Å². The fourth-order valence-corrected chi connectivity index (χ4v) is 2.33. The van der Waals surface area contributed by atoms with Crippen molar-refractivity contribution < 1.29 is 9.53 Å². The van der Waals surface area contributed by atoms with E-state index in [0.717, 1.165) is 31.7 Å². The van der Waals surface area contributed by atoms with E-state index in [0.29, 0.717) is 18.3 Å². The molecule has 0 bridgehead atoms. The van der Waals surface area contributed by atoms with Gasteiger partial charge in [0.15, 0.2) is 0 Å². The van der Waals surface area contributed by atoms with Gasteiger partial charge in [0.25, 0.3) is 0 Å². The molecule has 1 aliphatic heterocycles. The number of hydrogen-bond acceptors (Lipinski definition) is 4. The summed E-state index contributed by atoms with van der Waals surface area (Å²) in [5.74, 6) is 0.697. The van der Waals surface area contributed by atoms with Crippen LogP contribution < -0.4 is 15.4 Å². The van der Waals surface area contributed by atoms with Crippen LogP contribution in [-0.2, 0) is 4.79 Å². The van der Waals surface area contributed by atoms with Gasteiger partial charge in [-0.2, -0.15) is 0 Å². The molecule has 0 atom stereocenters. The summed E-state index contributed by atoms with van der Waals surface area (Å²) < 4.78 is 5.24. The van der Waals surface area contributed by atoms with E-state index in [4.69, 9.17) is 4.74 Å². The lowest BCUT2D eigenvalue weighted by atomic mass is 10.1. The van der Waals surface area contributed by atoms with Gasteiger partial charge in [0.1, 0.15) is 5.75 Å². The Kier molecular flexibility index (Phi) is 5.38. The van der Waals surface area contributed by atoms with Crippen LogP contribution in [0.4, 0.5) is 5.69 Å². The van der Waals surface area contributed by atoms with Gasteiger partial charge in [-0.15, -0.1) is 0 Å². The average molecular weight is 277 g/mol. The van der Waals surface area contributed by atoms with Crippen LogP contribution >= 0.6 is 0 Å². The van der Waals surface area contributed by atoms with Crippen LogP contribution in [0.3, 0.4) is 0 Å². The van der Waals surface area contributed by atoms with E-state index in [1.165, 1.54) is 0 Å². The third-order valence-electron chi connectivity index (χ3n) is 3.51. The summed E-state index contributed by atoms with van der Waals surface area (Å²) in [4.78, 5) is 14.4. The molecule has 2 rings (SSSR count). The number of benzene rings is 1. The Morgan fingerprint density at radius 3 is 2.80 bits per heavy atom. The first-order valence-corrected chi connectivity index (χ1v) is 7.12. The second-order valence-corrected chi connectivity index (χ2v) is 5.03. The first kappa shape index (κ1) is 14.8. The van der Waals surface area contributed by atoms with Crippen LogP contribution in [0.2, 0.25) is 0 Å². The zero-order chi connectivity index (χ0) is 14.4. The molecule has 110 valence electrons. The zero-order valence-electron chi connectivity index (χ0n) is 12.2. The molecular weight excluding hydrogens is 254 g/mol. The SMILES string of the molecule is CCCN(CC(=O)Nc1ccccc1OC)C1CNC1. The highest BCUT2D eigenvalue weighted by Crippen LogP contribution is 2.22. The van der Waals surface area contributed by atoms with Crippen molar-refractivity contribution in [2.75, 3.05) is 38.6 Å². The standard InChI is InChI=1S/C15H23N3O2/c1-3-8-18(12-9-16-10-12)11-15(19)17-13-6-4-5-7-14(13)20-2/h4-7,12,16H,3,8-11H2,1-2H3,(H,17,19). The summed E-state index contributed by atoms with van der Waals surface area (Å²) in [6, 6.07) is 7.95. The molecule has 1 aromatic carbocycles. The largest absolute Gasteiger partial charge is 0.495 e. The van der Waals surface area contributed by atoms with Crippen molar-refractivity contribution in [3.8, 4) is 5.75 Å². The van der Waals surface area contributed by atoms with Gasteiger partial charge < -0.3 is 15.4 Å². The highest BCUT2D eigenvalue weighted by atomic mass is 16.5. The number of para-hydroxylation sites is 2. The second-order valence-electron chi connectivity index (χ2n) is 5.03. The minimum absolute atomic E-state index is 0.00912. The van der Waals surface area contributed by atoms with E-state index in [2.05, 4.69) is 22.5 Å².